The topological polar surface area (TPSA) is 42.2 Å². The largest absolute Gasteiger partial charge is 0.344 e. The Hall–Kier alpha value is -1.87. The van der Waals surface area contributed by atoms with E-state index < -0.39 is 0 Å². The van der Waals surface area contributed by atoms with Crippen LogP contribution in [-0.4, -0.2) is 12.0 Å². The molecule has 2 aromatic rings. The Balaban J connectivity index is 2.48. The quantitative estimate of drug-likeness (QED) is 0.915. The van der Waals surface area contributed by atoms with Crippen LogP contribution in [0.2, 0.25) is 0 Å². The van der Waals surface area contributed by atoms with Gasteiger partial charge in [-0.05, 0) is 50.1 Å². The normalized spacial score (nSPS) is 10.6. The molecular formula is C16H21N3. The minimum Gasteiger partial charge on any atom is -0.344 e. The summed E-state index contributed by atoms with van der Waals surface area (Å²) in [5, 5.41) is 0. The average molecular weight is 255 g/mol. The van der Waals surface area contributed by atoms with Gasteiger partial charge in [-0.15, -0.1) is 0 Å². The van der Waals surface area contributed by atoms with E-state index in [1.54, 1.807) is 0 Å². The fourth-order valence-corrected chi connectivity index (χ4v) is 2.33. The summed E-state index contributed by atoms with van der Waals surface area (Å²) in [4.78, 5) is 6.49. The predicted molar refractivity (Wildman–Crippen MR) is 80.8 cm³/mol. The highest BCUT2D eigenvalue weighted by Gasteiger charge is 2.10. The molecule has 2 N–H and O–H groups in total. The number of nitrogens with two attached hydrogens (primary N) is 1. The van der Waals surface area contributed by atoms with E-state index in [4.69, 9.17) is 5.73 Å². The first-order chi connectivity index (χ1) is 9.01. The van der Waals surface area contributed by atoms with Crippen molar-refractivity contribution in [1.29, 1.82) is 0 Å². The fourth-order valence-electron chi connectivity index (χ4n) is 2.33. The van der Waals surface area contributed by atoms with Crippen molar-refractivity contribution in [2.24, 2.45) is 5.73 Å². The zero-order valence-corrected chi connectivity index (χ0v) is 12.1. The van der Waals surface area contributed by atoms with E-state index in [1.165, 1.54) is 16.8 Å². The number of hydrogen-bond acceptors (Lipinski definition) is 3. The molecule has 0 spiro atoms. The van der Waals surface area contributed by atoms with E-state index >= 15 is 0 Å². The van der Waals surface area contributed by atoms with Gasteiger partial charge in [0.1, 0.15) is 0 Å². The molecule has 0 aliphatic heterocycles. The highest BCUT2D eigenvalue weighted by molar-refractivity contribution is 5.66. The van der Waals surface area contributed by atoms with Gasteiger partial charge in [-0.1, -0.05) is 6.07 Å². The zero-order chi connectivity index (χ0) is 14.0. The first kappa shape index (κ1) is 13.6. The number of nitrogens with zero attached hydrogens (tertiary/aromatic N) is 2. The molecule has 1 aromatic carbocycles. The van der Waals surface area contributed by atoms with Gasteiger partial charge in [-0.3, -0.25) is 4.98 Å². The Bertz CT molecular complexity index is 570. The number of aromatic nitrogens is 1. The molecule has 0 radical (unpaired) electrons. The highest BCUT2D eigenvalue weighted by Crippen LogP contribution is 2.28. The number of aryl methyl sites for hydroxylation is 3. The van der Waals surface area contributed by atoms with Crippen LogP contribution in [0, 0.1) is 20.8 Å². The van der Waals surface area contributed by atoms with E-state index in [1.807, 2.05) is 13.1 Å². The molecule has 0 aliphatic carbocycles. The van der Waals surface area contributed by atoms with Crippen molar-refractivity contribution in [2.75, 3.05) is 11.9 Å². The summed E-state index contributed by atoms with van der Waals surface area (Å²) in [5.41, 5.74) is 12.7. The van der Waals surface area contributed by atoms with E-state index in [9.17, 15) is 0 Å². The highest BCUT2D eigenvalue weighted by atomic mass is 15.1. The molecular weight excluding hydrogens is 234 g/mol. The Morgan fingerprint density at radius 2 is 1.68 bits per heavy atom. The van der Waals surface area contributed by atoms with Crippen molar-refractivity contribution < 1.29 is 0 Å². The zero-order valence-electron chi connectivity index (χ0n) is 12.1. The molecule has 0 aliphatic rings. The lowest BCUT2D eigenvalue weighted by atomic mass is 10.1. The summed E-state index contributed by atoms with van der Waals surface area (Å²) >= 11 is 0. The molecule has 0 saturated heterocycles. The maximum Gasteiger partial charge on any atom is 0.0487 e. The van der Waals surface area contributed by atoms with Gasteiger partial charge in [0.05, 0.1) is 0 Å². The van der Waals surface area contributed by atoms with Crippen LogP contribution in [0.25, 0.3) is 0 Å². The van der Waals surface area contributed by atoms with Gasteiger partial charge < -0.3 is 10.6 Å². The van der Waals surface area contributed by atoms with E-state index in [2.05, 4.69) is 55.0 Å². The lowest BCUT2D eigenvalue weighted by Crippen LogP contribution is -2.14. The van der Waals surface area contributed by atoms with Gasteiger partial charge in [-0.2, -0.15) is 0 Å². The lowest BCUT2D eigenvalue weighted by Gasteiger charge is -2.23. The molecule has 100 valence electrons. The van der Waals surface area contributed by atoms with Crippen molar-refractivity contribution in [3.63, 3.8) is 0 Å². The second-order valence-corrected chi connectivity index (χ2v) is 5.06. The molecule has 0 unspecified atom stereocenters. The molecule has 2 rings (SSSR count). The van der Waals surface area contributed by atoms with Gasteiger partial charge in [0.25, 0.3) is 0 Å². The Morgan fingerprint density at radius 1 is 1.05 bits per heavy atom. The first-order valence-corrected chi connectivity index (χ1v) is 6.49. The minimum atomic E-state index is 0.498. The minimum absolute atomic E-state index is 0.498. The fraction of sp³-hybridized carbons (Fsp3) is 0.312. The summed E-state index contributed by atoms with van der Waals surface area (Å²) in [6, 6.07) is 8.63. The monoisotopic (exact) mass is 255 g/mol. The predicted octanol–water partition coefficient (Wildman–Crippen LogP) is 3.23. The van der Waals surface area contributed by atoms with Crippen LogP contribution in [0.4, 0.5) is 11.4 Å². The third-order valence-electron chi connectivity index (χ3n) is 3.27. The van der Waals surface area contributed by atoms with Crippen LogP contribution in [0.15, 0.2) is 30.5 Å². The maximum atomic E-state index is 5.81. The van der Waals surface area contributed by atoms with Crippen molar-refractivity contribution in [3.05, 3.63) is 52.8 Å². The van der Waals surface area contributed by atoms with Crippen LogP contribution in [0.1, 0.15) is 22.4 Å². The van der Waals surface area contributed by atoms with Crippen molar-refractivity contribution in [2.45, 2.75) is 27.3 Å². The van der Waals surface area contributed by atoms with Gasteiger partial charge >= 0.3 is 0 Å². The standard InChI is InChI=1S/C16H21N3/c1-11-5-12(2)7-15(6-11)19(4)16-8-13(3)18-10-14(16)9-17/h5-8,10H,9,17H2,1-4H3. The molecule has 19 heavy (non-hydrogen) atoms. The second-order valence-electron chi connectivity index (χ2n) is 5.06. The van der Waals surface area contributed by atoms with Crippen molar-refractivity contribution in [1.82, 2.24) is 4.98 Å². The van der Waals surface area contributed by atoms with Crippen LogP contribution in [-0.2, 0) is 6.54 Å². The molecule has 0 saturated carbocycles. The first-order valence-electron chi connectivity index (χ1n) is 6.49. The maximum absolute atomic E-state index is 5.81. The molecule has 0 amide bonds. The third kappa shape index (κ3) is 2.93. The van der Waals surface area contributed by atoms with E-state index in [-0.39, 0.29) is 0 Å². The van der Waals surface area contributed by atoms with E-state index in [0.717, 1.165) is 16.9 Å². The summed E-state index contributed by atoms with van der Waals surface area (Å²) in [5.74, 6) is 0. The number of pyridine rings is 1. The number of benzene rings is 1. The van der Waals surface area contributed by atoms with Gasteiger partial charge in [0.15, 0.2) is 0 Å². The summed E-state index contributed by atoms with van der Waals surface area (Å²) in [6.45, 7) is 6.73. The summed E-state index contributed by atoms with van der Waals surface area (Å²) in [6.07, 6.45) is 1.86. The van der Waals surface area contributed by atoms with Gasteiger partial charge in [-0.25, -0.2) is 0 Å². The molecule has 0 fully saturated rings. The lowest BCUT2D eigenvalue weighted by molar-refractivity contribution is 1.01. The number of anilines is 2. The Morgan fingerprint density at radius 3 is 2.26 bits per heavy atom. The molecule has 0 bridgehead atoms. The SMILES string of the molecule is Cc1cc(C)cc(N(C)c2cc(C)ncc2CN)c1. The molecule has 1 aromatic heterocycles. The Labute approximate surface area is 115 Å². The molecule has 3 heteroatoms. The van der Waals surface area contributed by atoms with E-state index in [0.29, 0.717) is 6.54 Å². The average Bonchev–Trinajstić information content (AvgIpc) is 2.36. The Kier molecular flexibility index (Phi) is 3.86. The smallest absolute Gasteiger partial charge is 0.0487 e. The molecule has 3 nitrogen and oxygen atoms in total. The second kappa shape index (κ2) is 5.41. The summed E-state index contributed by atoms with van der Waals surface area (Å²) < 4.78 is 0. The summed E-state index contributed by atoms with van der Waals surface area (Å²) in [7, 11) is 2.07. The molecule has 1 heterocycles. The van der Waals surface area contributed by atoms with Crippen LogP contribution in [0.5, 0.6) is 0 Å². The van der Waals surface area contributed by atoms with Gasteiger partial charge in [0, 0.05) is 42.4 Å². The van der Waals surface area contributed by atoms with Crippen molar-refractivity contribution in [3.8, 4) is 0 Å². The number of rotatable bonds is 3. The van der Waals surface area contributed by atoms with Crippen LogP contribution in [0.3, 0.4) is 0 Å². The number of hydrogen-bond donors (Lipinski definition) is 1. The van der Waals surface area contributed by atoms with Crippen LogP contribution >= 0.6 is 0 Å². The van der Waals surface area contributed by atoms with Crippen molar-refractivity contribution >= 4 is 11.4 Å². The molecule has 0 atom stereocenters. The third-order valence-corrected chi connectivity index (χ3v) is 3.27. The van der Waals surface area contributed by atoms with Crippen LogP contribution < -0.4 is 10.6 Å². The van der Waals surface area contributed by atoms with Gasteiger partial charge in [0.2, 0.25) is 0 Å².